The van der Waals surface area contributed by atoms with E-state index in [1.165, 1.54) is 0 Å². The Kier molecular flexibility index (Phi) is 4.58. The van der Waals surface area contributed by atoms with Crippen molar-refractivity contribution in [2.45, 2.75) is 25.3 Å². The summed E-state index contributed by atoms with van der Waals surface area (Å²) in [5.74, 6) is 0.966. The Morgan fingerprint density at radius 1 is 1.50 bits per heavy atom. The van der Waals surface area contributed by atoms with Gasteiger partial charge in [0, 0.05) is 26.6 Å². The molecule has 2 amide bonds. The maximum Gasteiger partial charge on any atom is 0.317 e. The van der Waals surface area contributed by atoms with Crippen molar-refractivity contribution in [2.24, 2.45) is 0 Å². The molecule has 6 nitrogen and oxygen atoms in total. The molecule has 1 aromatic heterocycles. The Balaban J connectivity index is 1.42. The molecule has 0 spiro atoms. The maximum absolute atomic E-state index is 12.0. The standard InChI is InChI=1S/C16H22N4O2/c1-20(12-8-10-22-11-12)16(21)17-9-4-7-15-18-13-5-2-3-6-14(13)19-15/h2-3,5-6,12H,4,7-11H2,1H3,(H,17,21)(H,18,19)/t12-/m1/s1. The highest BCUT2D eigenvalue weighted by Crippen LogP contribution is 2.12. The van der Waals surface area contributed by atoms with Gasteiger partial charge in [0.15, 0.2) is 0 Å². The van der Waals surface area contributed by atoms with Gasteiger partial charge in [-0.1, -0.05) is 12.1 Å². The van der Waals surface area contributed by atoms with Crippen LogP contribution >= 0.6 is 0 Å². The van der Waals surface area contributed by atoms with Crippen LogP contribution in [-0.2, 0) is 11.2 Å². The molecule has 0 aliphatic carbocycles. The third kappa shape index (κ3) is 3.39. The normalized spacial score (nSPS) is 17.8. The van der Waals surface area contributed by atoms with E-state index in [-0.39, 0.29) is 12.1 Å². The molecule has 1 fully saturated rings. The number of rotatable bonds is 5. The van der Waals surface area contributed by atoms with Crippen LogP contribution in [0.2, 0.25) is 0 Å². The van der Waals surface area contributed by atoms with E-state index in [1.807, 2.05) is 31.3 Å². The molecule has 3 rings (SSSR count). The molecule has 6 heteroatoms. The lowest BCUT2D eigenvalue weighted by Gasteiger charge is -2.23. The maximum atomic E-state index is 12.0. The SMILES string of the molecule is CN(C(=O)NCCCc1nc2ccccc2[nH]1)[C@@H]1CCOC1. The molecule has 1 aromatic carbocycles. The summed E-state index contributed by atoms with van der Waals surface area (Å²) in [7, 11) is 1.83. The average molecular weight is 302 g/mol. The number of benzene rings is 1. The summed E-state index contributed by atoms with van der Waals surface area (Å²) in [4.78, 5) is 21.6. The molecular weight excluding hydrogens is 280 g/mol. The molecule has 2 aromatic rings. The number of nitrogens with one attached hydrogen (secondary N) is 2. The first-order chi connectivity index (χ1) is 10.7. The number of ether oxygens (including phenoxy) is 1. The summed E-state index contributed by atoms with van der Waals surface area (Å²) in [5.41, 5.74) is 2.05. The molecule has 2 heterocycles. The van der Waals surface area contributed by atoms with Crippen LogP contribution < -0.4 is 5.32 Å². The Morgan fingerprint density at radius 3 is 3.14 bits per heavy atom. The first-order valence-electron chi connectivity index (χ1n) is 7.76. The van der Waals surface area contributed by atoms with Gasteiger partial charge in [0.2, 0.25) is 0 Å². The Bertz CT molecular complexity index is 601. The molecule has 22 heavy (non-hydrogen) atoms. The number of para-hydroxylation sites is 2. The number of imidazole rings is 1. The number of likely N-dealkylation sites (N-methyl/N-ethyl adjacent to an activating group) is 1. The van der Waals surface area contributed by atoms with Gasteiger partial charge in [0.1, 0.15) is 5.82 Å². The number of nitrogens with zero attached hydrogens (tertiary/aromatic N) is 2. The van der Waals surface area contributed by atoms with Gasteiger partial charge >= 0.3 is 6.03 Å². The highest BCUT2D eigenvalue weighted by atomic mass is 16.5. The van der Waals surface area contributed by atoms with E-state index in [2.05, 4.69) is 15.3 Å². The van der Waals surface area contributed by atoms with Crippen LogP contribution in [0.1, 0.15) is 18.7 Å². The van der Waals surface area contributed by atoms with Crippen molar-refractivity contribution in [1.82, 2.24) is 20.2 Å². The summed E-state index contributed by atoms with van der Waals surface area (Å²) in [5, 5.41) is 2.95. The van der Waals surface area contributed by atoms with Gasteiger partial charge in [0.25, 0.3) is 0 Å². The number of urea groups is 1. The van der Waals surface area contributed by atoms with E-state index in [0.29, 0.717) is 13.2 Å². The van der Waals surface area contributed by atoms with Crippen LogP contribution in [0.4, 0.5) is 4.79 Å². The molecule has 0 unspecified atom stereocenters. The molecule has 0 saturated carbocycles. The third-order valence-corrected chi connectivity index (χ3v) is 4.08. The van der Waals surface area contributed by atoms with Crippen molar-refractivity contribution in [3.63, 3.8) is 0 Å². The van der Waals surface area contributed by atoms with Crippen molar-refractivity contribution < 1.29 is 9.53 Å². The van der Waals surface area contributed by atoms with Crippen LogP contribution in [-0.4, -0.2) is 53.7 Å². The van der Waals surface area contributed by atoms with Crippen molar-refractivity contribution in [2.75, 3.05) is 26.8 Å². The second-order valence-electron chi connectivity index (χ2n) is 5.66. The fourth-order valence-corrected chi connectivity index (χ4v) is 2.69. The molecular formula is C16H22N4O2. The van der Waals surface area contributed by atoms with E-state index in [0.717, 1.165) is 42.7 Å². The first kappa shape index (κ1) is 14.8. The molecule has 1 saturated heterocycles. The topological polar surface area (TPSA) is 70.2 Å². The van der Waals surface area contributed by atoms with Crippen LogP contribution in [0.3, 0.4) is 0 Å². The van der Waals surface area contributed by atoms with Gasteiger partial charge < -0.3 is 19.9 Å². The van der Waals surface area contributed by atoms with Crippen LogP contribution in [0.25, 0.3) is 11.0 Å². The average Bonchev–Trinajstić information content (AvgIpc) is 3.19. The molecule has 1 atom stereocenters. The summed E-state index contributed by atoms with van der Waals surface area (Å²) in [6.45, 7) is 2.03. The quantitative estimate of drug-likeness (QED) is 0.829. The number of hydrogen-bond donors (Lipinski definition) is 2. The number of H-pyrrole nitrogens is 1. The number of amides is 2. The van der Waals surface area contributed by atoms with Crippen LogP contribution in [0.15, 0.2) is 24.3 Å². The zero-order chi connectivity index (χ0) is 15.4. The van der Waals surface area contributed by atoms with E-state index >= 15 is 0 Å². The van der Waals surface area contributed by atoms with E-state index in [4.69, 9.17) is 4.74 Å². The third-order valence-electron chi connectivity index (χ3n) is 4.08. The minimum Gasteiger partial charge on any atom is -0.379 e. The number of carbonyl (C=O) groups is 1. The highest BCUT2D eigenvalue weighted by molar-refractivity contribution is 5.75. The predicted octanol–water partition coefficient (Wildman–Crippen LogP) is 1.93. The fourth-order valence-electron chi connectivity index (χ4n) is 2.69. The van der Waals surface area contributed by atoms with E-state index in [1.54, 1.807) is 4.90 Å². The smallest absolute Gasteiger partial charge is 0.317 e. The Hall–Kier alpha value is -2.08. The Labute approximate surface area is 129 Å². The van der Waals surface area contributed by atoms with Gasteiger partial charge in [-0.25, -0.2) is 9.78 Å². The number of hydrogen-bond acceptors (Lipinski definition) is 3. The largest absolute Gasteiger partial charge is 0.379 e. The molecule has 0 bridgehead atoms. The number of aromatic nitrogens is 2. The van der Waals surface area contributed by atoms with Crippen molar-refractivity contribution >= 4 is 17.1 Å². The number of fused-ring (bicyclic) bond motifs is 1. The first-order valence-corrected chi connectivity index (χ1v) is 7.76. The summed E-state index contributed by atoms with van der Waals surface area (Å²) >= 11 is 0. The lowest BCUT2D eigenvalue weighted by Crippen LogP contribution is -2.44. The second-order valence-corrected chi connectivity index (χ2v) is 5.66. The molecule has 0 radical (unpaired) electrons. The van der Waals surface area contributed by atoms with Gasteiger partial charge in [-0.15, -0.1) is 0 Å². The van der Waals surface area contributed by atoms with Gasteiger partial charge in [-0.3, -0.25) is 0 Å². The highest BCUT2D eigenvalue weighted by Gasteiger charge is 2.23. The minimum atomic E-state index is -0.0277. The predicted molar refractivity (Wildman–Crippen MR) is 84.8 cm³/mol. The monoisotopic (exact) mass is 302 g/mol. The second kappa shape index (κ2) is 6.79. The lowest BCUT2D eigenvalue weighted by molar-refractivity contribution is 0.158. The number of aryl methyl sites for hydroxylation is 1. The molecule has 118 valence electrons. The molecule has 2 N–H and O–H groups in total. The lowest BCUT2D eigenvalue weighted by atomic mass is 10.2. The van der Waals surface area contributed by atoms with Crippen LogP contribution in [0, 0.1) is 0 Å². The summed E-state index contributed by atoms with van der Waals surface area (Å²) < 4.78 is 5.31. The van der Waals surface area contributed by atoms with Gasteiger partial charge in [-0.05, 0) is 25.0 Å². The number of aromatic amines is 1. The van der Waals surface area contributed by atoms with Crippen LogP contribution in [0.5, 0.6) is 0 Å². The van der Waals surface area contributed by atoms with E-state index < -0.39 is 0 Å². The Morgan fingerprint density at radius 2 is 2.36 bits per heavy atom. The van der Waals surface area contributed by atoms with Crippen molar-refractivity contribution in [1.29, 1.82) is 0 Å². The van der Waals surface area contributed by atoms with Gasteiger partial charge in [-0.2, -0.15) is 0 Å². The van der Waals surface area contributed by atoms with Gasteiger partial charge in [0.05, 0.1) is 23.7 Å². The molecule has 1 aliphatic rings. The summed E-state index contributed by atoms with van der Waals surface area (Å²) in [6.07, 6.45) is 2.61. The summed E-state index contributed by atoms with van der Waals surface area (Å²) in [6, 6.07) is 8.17. The fraction of sp³-hybridized carbons (Fsp3) is 0.500. The molecule has 1 aliphatic heterocycles. The minimum absolute atomic E-state index is 0.0277. The zero-order valence-electron chi connectivity index (χ0n) is 12.8. The van der Waals surface area contributed by atoms with Crippen molar-refractivity contribution in [3.05, 3.63) is 30.1 Å². The number of carbonyl (C=O) groups excluding carboxylic acids is 1. The van der Waals surface area contributed by atoms with E-state index in [9.17, 15) is 4.79 Å². The zero-order valence-corrected chi connectivity index (χ0v) is 12.8. The van der Waals surface area contributed by atoms with Crippen molar-refractivity contribution in [3.8, 4) is 0 Å².